The van der Waals surface area contributed by atoms with Crippen molar-refractivity contribution in [2.24, 2.45) is 5.92 Å². The van der Waals surface area contributed by atoms with Crippen LogP contribution in [0.5, 0.6) is 0 Å². The van der Waals surface area contributed by atoms with Gasteiger partial charge in [-0.2, -0.15) is 0 Å². The normalized spacial score (nSPS) is 28.1. The smallest absolute Gasteiger partial charge is 0.410 e. The number of rotatable bonds is 4. The number of nitrogens with zero attached hydrogens (tertiary/aromatic N) is 1. The minimum absolute atomic E-state index is 0.257. The number of nitrogens with one attached hydrogen (secondary N) is 1. The summed E-state index contributed by atoms with van der Waals surface area (Å²) in [7, 11) is 0. The molecule has 1 amide bonds. The Balaban J connectivity index is 1.70. The number of aliphatic hydroxyl groups is 2. The van der Waals surface area contributed by atoms with E-state index in [0.29, 0.717) is 44.4 Å². The van der Waals surface area contributed by atoms with Gasteiger partial charge in [-0.25, -0.2) is 4.79 Å². The van der Waals surface area contributed by atoms with Crippen LogP contribution in [0.25, 0.3) is 0 Å². The number of piperidine rings is 1. The summed E-state index contributed by atoms with van der Waals surface area (Å²) in [6.45, 7) is 7.42. The maximum atomic E-state index is 12.0. The molecular weight excluding hydrogens is 284 g/mol. The summed E-state index contributed by atoms with van der Waals surface area (Å²) >= 11 is 0. The van der Waals surface area contributed by atoms with Crippen molar-refractivity contribution in [3.63, 3.8) is 0 Å². The molecule has 6 nitrogen and oxygen atoms in total. The van der Waals surface area contributed by atoms with E-state index in [0.717, 1.165) is 12.8 Å². The molecule has 0 aromatic rings. The molecule has 1 heterocycles. The Bertz CT molecular complexity index is 380. The zero-order chi connectivity index (χ0) is 16.4. The first-order chi connectivity index (χ1) is 10.2. The van der Waals surface area contributed by atoms with E-state index in [4.69, 9.17) is 9.84 Å². The third-order valence-electron chi connectivity index (χ3n) is 4.56. The lowest BCUT2D eigenvalue weighted by Gasteiger charge is -2.41. The van der Waals surface area contributed by atoms with Gasteiger partial charge in [0.1, 0.15) is 5.60 Å². The van der Waals surface area contributed by atoms with Crippen molar-refractivity contribution in [1.29, 1.82) is 0 Å². The van der Waals surface area contributed by atoms with E-state index < -0.39 is 11.2 Å². The van der Waals surface area contributed by atoms with Gasteiger partial charge >= 0.3 is 6.09 Å². The standard InChI is InChI=1S/C16H30N2O4/c1-15(2,3)22-14(20)18-6-4-16(21,5-7-18)11-17-13-8-12(9-13)10-19/h12-13,17,19,21H,4-11H2,1-3H3. The average Bonchev–Trinajstić information content (AvgIpc) is 2.36. The second kappa shape index (κ2) is 6.72. The van der Waals surface area contributed by atoms with Gasteiger partial charge in [-0.1, -0.05) is 0 Å². The average molecular weight is 314 g/mol. The van der Waals surface area contributed by atoms with Crippen molar-refractivity contribution in [3.05, 3.63) is 0 Å². The van der Waals surface area contributed by atoms with E-state index in [2.05, 4.69) is 5.32 Å². The van der Waals surface area contributed by atoms with Crippen LogP contribution < -0.4 is 5.32 Å². The largest absolute Gasteiger partial charge is 0.444 e. The lowest BCUT2D eigenvalue weighted by atomic mass is 9.80. The highest BCUT2D eigenvalue weighted by atomic mass is 16.6. The number of hydrogen-bond acceptors (Lipinski definition) is 5. The number of ether oxygens (including phenoxy) is 1. The summed E-state index contributed by atoms with van der Waals surface area (Å²) in [5, 5.41) is 23.0. The fourth-order valence-electron chi connectivity index (χ4n) is 2.99. The van der Waals surface area contributed by atoms with E-state index in [1.54, 1.807) is 4.90 Å². The Labute approximate surface area is 132 Å². The first kappa shape index (κ1) is 17.5. The molecule has 0 spiro atoms. The zero-order valence-electron chi connectivity index (χ0n) is 14.0. The van der Waals surface area contributed by atoms with Gasteiger partial charge in [0, 0.05) is 32.3 Å². The minimum Gasteiger partial charge on any atom is -0.444 e. The predicted molar refractivity (Wildman–Crippen MR) is 83.6 cm³/mol. The Kier molecular flexibility index (Phi) is 5.35. The first-order valence-electron chi connectivity index (χ1n) is 8.25. The van der Waals surface area contributed by atoms with Gasteiger partial charge in [0.2, 0.25) is 0 Å². The molecule has 1 aliphatic heterocycles. The molecule has 1 aliphatic carbocycles. The van der Waals surface area contributed by atoms with Gasteiger partial charge in [0.05, 0.1) is 5.60 Å². The van der Waals surface area contributed by atoms with Crippen molar-refractivity contribution in [3.8, 4) is 0 Å². The molecule has 0 aromatic heterocycles. The molecule has 3 N–H and O–H groups in total. The highest BCUT2D eigenvalue weighted by Crippen LogP contribution is 2.28. The van der Waals surface area contributed by atoms with Crippen LogP contribution in [-0.4, -0.2) is 64.7 Å². The summed E-state index contributed by atoms with van der Waals surface area (Å²) in [4.78, 5) is 13.7. The van der Waals surface area contributed by atoms with E-state index in [1.165, 1.54) is 0 Å². The summed E-state index contributed by atoms with van der Waals surface area (Å²) in [5.74, 6) is 0.418. The molecule has 2 aliphatic rings. The molecule has 0 bridgehead atoms. The molecule has 0 radical (unpaired) electrons. The van der Waals surface area contributed by atoms with Crippen LogP contribution in [0.15, 0.2) is 0 Å². The Morgan fingerprint density at radius 1 is 1.32 bits per heavy atom. The van der Waals surface area contributed by atoms with Crippen molar-refractivity contribution >= 4 is 6.09 Å². The number of aliphatic hydroxyl groups excluding tert-OH is 1. The van der Waals surface area contributed by atoms with E-state index >= 15 is 0 Å². The molecule has 0 unspecified atom stereocenters. The van der Waals surface area contributed by atoms with Gasteiger partial charge in [-0.05, 0) is 52.4 Å². The molecule has 128 valence electrons. The topological polar surface area (TPSA) is 82.0 Å². The molecular formula is C16H30N2O4. The van der Waals surface area contributed by atoms with Crippen molar-refractivity contribution in [2.75, 3.05) is 26.2 Å². The second-order valence-corrected chi connectivity index (χ2v) is 7.79. The minimum atomic E-state index is -0.747. The number of carbonyl (C=O) groups excluding carboxylic acids is 1. The zero-order valence-corrected chi connectivity index (χ0v) is 14.0. The van der Waals surface area contributed by atoms with Gasteiger partial charge in [0.25, 0.3) is 0 Å². The Morgan fingerprint density at radius 3 is 2.41 bits per heavy atom. The van der Waals surface area contributed by atoms with Crippen molar-refractivity contribution in [2.45, 2.75) is 63.7 Å². The fourth-order valence-corrected chi connectivity index (χ4v) is 2.99. The predicted octanol–water partition coefficient (Wildman–Crippen LogP) is 1.11. The third-order valence-corrected chi connectivity index (χ3v) is 4.56. The second-order valence-electron chi connectivity index (χ2n) is 7.79. The van der Waals surface area contributed by atoms with Crippen LogP contribution in [0.1, 0.15) is 46.5 Å². The van der Waals surface area contributed by atoms with Crippen LogP contribution in [0.4, 0.5) is 4.79 Å². The maximum absolute atomic E-state index is 12.0. The number of likely N-dealkylation sites (tertiary alicyclic amines) is 1. The molecule has 6 heteroatoms. The summed E-state index contributed by atoms with van der Waals surface area (Å²) in [5.41, 5.74) is -1.23. The number of hydrogen-bond donors (Lipinski definition) is 3. The third kappa shape index (κ3) is 4.83. The molecule has 0 atom stereocenters. The Morgan fingerprint density at radius 2 is 1.91 bits per heavy atom. The molecule has 1 saturated heterocycles. The number of carbonyl (C=O) groups is 1. The van der Waals surface area contributed by atoms with Crippen LogP contribution in [-0.2, 0) is 4.74 Å². The fraction of sp³-hybridized carbons (Fsp3) is 0.938. The summed E-state index contributed by atoms with van der Waals surface area (Å²) < 4.78 is 5.36. The molecule has 22 heavy (non-hydrogen) atoms. The van der Waals surface area contributed by atoms with Crippen molar-refractivity contribution in [1.82, 2.24) is 10.2 Å². The number of amides is 1. The lowest BCUT2D eigenvalue weighted by Crippen LogP contribution is -2.55. The Hall–Kier alpha value is -0.850. The van der Waals surface area contributed by atoms with E-state index in [9.17, 15) is 9.90 Å². The molecule has 2 fully saturated rings. The van der Waals surface area contributed by atoms with Gasteiger partial charge < -0.3 is 25.2 Å². The van der Waals surface area contributed by atoms with Gasteiger partial charge in [-0.3, -0.25) is 0 Å². The van der Waals surface area contributed by atoms with Gasteiger partial charge in [-0.15, -0.1) is 0 Å². The quantitative estimate of drug-likeness (QED) is 0.724. The maximum Gasteiger partial charge on any atom is 0.410 e. The van der Waals surface area contributed by atoms with Crippen LogP contribution >= 0.6 is 0 Å². The van der Waals surface area contributed by atoms with Crippen LogP contribution in [0.3, 0.4) is 0 Å². The van der Waals surface area contributed by atoms with E-state index in [1.807, 2.05) is 20.8 Å². The molecule has 1 saturated carbocycles. The van der Waals surface area contributed by atoms with Crippen LogP contribution in [0, 0.1) is 5.92 Å². The monoisotopic (exact) mass is 314 g/mol. The van der Waals surface area contributed by atoms with Crippen LogP contribution in [0.2, 0.25) is 0 Å². The molecule has 0 aromatic carbocycles. The SMILES string of the molecule is CC(C)(C)OC(=O)N1CCC(O)(CNC2CC(CO)C2)CC1. The highest BCUT2D eigenvalue weighted by Gasteiger charge is 2.37. The summed E-state index contributed by atoms with van der Waals surface area (Å²) in [6, 6.07) is 0.407. The lowest BCUT2D eigenvalue weighted by molar-refractivity contribution is -0.0349. The van der Waals surface area contributed by atoms with E-state index in [-0.39, 0.29) is 12.7 Å². The van der Waals surface area contributed by atoms with Crippen molar-refractivity contribution < 1.29 is 19.7 Å². The molecule has 2 rings (SSSR count). The first-order valence-corrected chi connectivity index (χ1v) is 8.25. The summed E-state index contributed by atoms with van der Waals surface area (Å²) in [6.07, 6.45) is 2.80. The highest BCUT2D eigenvalue weighted by molar-refractivity contribution is 5.68. The van der Waals surface area contributed by atoms with Gasteiger partial charge in [0.15, 0.2) is 0 Å².